The molecule has 0 saturated heterocycles. The molecule has 0 aliphatic heterocycles. The van der Waals surface area contributed by atoms with Crippen LogP contribution < -0.4 is 15.2 Å². The van der Waals surface area contributed by atoms with Gasteiger partial charge in [0.05, 0.1) is 16.3 Å². The van der Waals surface area contributed by atoms with Crippen LogP contribution in [0.5, 0.6) is 11.5 Å². The molecule has 1 amide bonds. The number of halogens is 1. The van der Waals surface area contributed by atoms with Gasteiger partial charge in [0, 0.05) is 5.56 Å². The molecule has 0 radical (unpaired) electrons. The number of Topliss-reactive ketones (excluding diaryl/α,β-unsaturated/α-hetero) is 1. The van der Waals surface area contributed by atoms with Crippen LogP contribution in [0.15, 0.2) is 30.3 Å². The molecule has 2 aromatic rings. The van der Waals surface area contributed by atoms with E-state index in [9.17, 15) is 9.59 Å². The van der Waals surface area contributed by atoms with Crippen LogP contribution in [0.3, 0.4) is 0 Å². The third-order valence-corrected chi connectivity index (χ3v) is 3.93. The van der Waals surface area contributed by atoms with E-state index in [2.05, 4.69) is 0 Å². The molecular weight excluding hydrogens is 314 g/mol. The first-order valence-electron chi connectivity index (χ1n) is 5.90. The molecule has 0 saturated carbocycles. The van der Waals surface area contributed by atoms with E-state index in [4.69, 9.17) is 26.8 Å². The number of ether oxygens (including phenoxy) is 2. The maximum absolute atomic E-state index is 11.9. The predicted molar refractivity (Wildman–Crippen MR) is 80.7 cm³/mol. The van der Waals surface area contributed by atoms with Gasteiger partial charge in [-0.1, -0.05) is 11.6 Å². The second-order valence-corrected chi connectivity index (χ2v) is 5.76. The summed E-state index contributed by atoms with van der Waals surface area (Å²) in [7, 11) is 1.44. The van der Waals surface area contributed by atoms with Gasteiger partial charge in [0.2, 0.25) is 11.7 Å². The highest BCUT2D eigenvalue weighted by Crippen LogP contribution is 2.28. The third kappa shape index (κ3) is 3.74. The Hall–Kier alpha value is -2.05. The van der Waals surface area contributed by atoms with Crippen LogP contribution in [0.2, 0.25) is 4.34 Å². The van der Waals surface area contributed by atoms with Crippen LogP contribution in [0, 0.1) is 0 Å². The smallest absolute Gasteiger partial charge is 0.248 e. The molecule has 0 unspecified atom stereocenters. The molecule has 2 rings (SSSR count). The molecule has 1 aromatic heterocycles. The second kappa shape index (κ2) is 6.60. The molecule has 0 spiro atoms. The van der Waals surface area contributed by atoms with Gasteiger partial charge in [0.1, 0.15) is 0 Å². The molecule has 0 aliphatic carbocycles. The zero-order valence-corrected chi connectivity index (χ0v) is 12.7. The lowest BCUT2D eigenvalue weighted by molar-refractivity contribution is 0.0922. The average Bonchev–Trinajstić information content (AvgIpc) is 2.91. The lowest BCUT2D eigenvalue weighted by Crippen LogP contribution is -2.13. The van der Waals surface area contributed by atoms with Gasteiger partial charge in [0.15, 0.2) is 18.1 Å². The first-order chi connectivity index (χ1) is 10.0. The number of amides is 1. The maximum atomic E-state index is 11.9. The summed E-state index contributed by atoms with van der Waals surface area (Å²) in [6.07, 6.45) is 0. The van der Waals surface area contributed by atoms with E-state index >= 15 is 0 Å². The zero-order valence-electron chi connectivity index (χ0n) is 11.1. The van der Waals surface area contributed by atoms with E-state index in [0.717, 1.165) is 0 Å². The quantitative estimate of drug-likeness (QED) is 0.828. The van der Waals surface area contributed by atoms with Crippen molar-refractivity contribution >= 4 is 34.6 Å². The number of carbonyl (C=O) groups excluding carboxylic acids is 2. The molecule has 0 aliphatic rings. The van der Waals surface area contributed by atoms with Gasteiger partial charge in [0.25, 0.3) is 0 Å². The number of carbonyl (C=O) groups is 2. The molecule has 0 fully saturated rings. The van der Waals surface area contributed by atoms with Gasteiger partial charge in [-0.3, -0.25) is 9.59 Å². The SMILES string of the molecule is COc1cc(C(N)=O)ccc1OCC(=O)c1ccc(Cl)s1. The van der Waals surface area contributed by atoms with Crippen LogP contribution >= 0.6 is 22.9 Å². The van der Waals surface area contributed by atoms with Crippen LogP contribution in [0.1, 0.15) is 20.0 Å². The Bertz CT molecular complexity index is 683. The molecule has 110 valence electrons. The lowest BCUT2D eigenvalue weighted by Gasteiger charge is -2.10. The first-order valence-corrected chi connectivity index (χ1v) is 7.10. The van der Waals surface area contributed by atoms with E-state index in [0.29, 0.717) is 26.3 Å². The van der Waals surface area contributed by atoms with Crippen LogP contribution in [-0.2, 0) is 0 Å². The Morgan fingerprint density at radius 3 is 2.57 bits per heavy atom. The van der Waals surface area contributed by atoms with E-state index in [1.165, 1.54) is 36.6 Å². The summed E-state index contributed by atoms with van der Waals surface area (Å²) in [5.74, 6) is -0.0566. The van der Waals surface area contributed by atoms with Crippen LogP contribution in [-0.4, -0.2) is 25.4 Å². The Morgan fingerprint density at radius 1 is 1.24 bits per heavy atom. The number of primary amides is 1. The van der Waals surface area contributed by atoms with Gasteiger partial charge in [-0.25, -0.2) is 0 Å². The summed E-state index contributed by atoms with van der Waals surface area (Å²) in [6.45, 7) is -0.150. The predicted octanol–water partition coefficient (Wildman–Crippen LogP) is 2.77. The van der Waals surface area contributed by atoms with Crippen molar-refractivity contribution in [1.82, 2.24) is 0 Å². The van der Waals surface area contributed by atoms with Gasteiger partial charge >= 0.3 is 0 Å². The standard InChI is InChI=1S/C14H12ClNO4S/c1-19-11-6-8(14(16)18)2-3-10(11)20-7-9(17)12-4-5-13(15)21-12/h2-6H,7H2,1H3,(H2,16,18). The minimum absolute atomic E-state index is 0.150. The summed E-state index contributed by atoms with van der Waals surface area (Å²) in [5.41, 5.74) is 5.49. The molecule has 0 bridgehead atoms. The summed E-state index contributed by atoms with van der Waals surface area (Å²) < 4.78 is 11.1. The highest BCUT2D eigenvalue weighted by atomic mass is 35.5. The Morgan fingerprint density at radius 2 is 2.00 bits per heavy atom. The number of hydrogen-bond acceptors (Lipinski definition) is 5. The number of rotatable bonds is 6. The zero-order chi connectivity index (χ0) is 15.4. The lowest BCUT2D eigenvalue weighted by atomic mass is 10.2. The third-order valence-electron chi connectivity index (χ3n) is 2.65. The van der Waals surface area contributed by atoms with Gasteiger partial charge < -0.3 is 15.2 Å². The average molecular weight is 326 g/mol. The van der Waals surface area contributed by atoms with Crippen molar-refractivity contribution in [3.8, 4) is 11.5 Å². The minimum Gasteiger partial charge on any atom is -0.493 e. The number of methoxy groups -OCH3 is 1. The van der Waals surface area contributed by atoms with Gasteiger partial charge in [-0.2, -0.15) is 0 Å². The number of thiophene rings is 1. The molecule has 7 heteroatoms. The fourth-order valence-corrected chi connectivity index (χ4v) is 2.59. The van der Waals surface area contributed by atoms with Crippen molar-refractivity contribution in [3.05, 3.63) is 45.1 Å². The topological polar surface area (TPSA) is 78.6 Å². The van der Waals surface area contributed by atoms with E-state index in [1.807, 2.05) is 0 Å². The first kappa shape index (κ1) is 15.3. The number of ketones is 1. The fourth-order valence-electron chi connectivity index (χ4n) is 1.62. The normalized spacial score (nSPS) is 10.2. The number of nitrogens with two attached hydrogens (primary N) is 1. The second-order valence-electron chi connectivity index (χ2n) is 4.05. The molecule has 5 nitrogen and oxygen atoms in total. The summed E-state index contributed by atoms with van der Waals surface area (Å²) >= 11 is 6.97. The summed E-state index contributed by atoms with van der Waals surface area (Å²) in [6, 6.07) is 7.80. The van der Waals surface area contributed by atoms with E-state index in [1.54, 1.807) is 12.1 Å². The minimum atomic E-state index is -0.566. The van der Waals surface area contributed by atoms with Crippen LogP contribution in [0.4, 0.5) is 0 Å². The highest BCUT2D eigenvalue weighted by molar-refractivity contribution is 7.18. The number of hydrogen-bond donors (Lipinski definition) is 1. The Kier molecular flexibility index (Phi) is 4.82. The van der Waals surface area contributed by atoms with Crippen molar-refractivity contribution in [3.63, 3.8) is 0 Å². The van der Waals surface area contributed by atoms with Gasteiger partial charge in [-0.05, 0) is 30.3 Å². The van der Waals surface area contributed by atoms with Crippen molar-refractivity contribution in [2.45, 2.75) is 0 Å². The van der Waals surface area contributed by atoms with Crippen molar-refractivity contribution in [1.29, 1.82) is 0 Å². The molecule has 1 aromatic carbocycles. The van der Waals surface area contributed by atoms with E-state index in [-0.39, 0.29) is 12.4 Å². The highest BCUT2D eigenvalue weighted by Gasteiger charge is 2.13. The molecule has 1 heterocycles. The molecular formula is C14H12ClNO4S. The summed E-state index contributed by atoms with van der Waals surface area (Å²) in [4.78, 5) is 23.5. The molecule has 2 N–H and O–H groups in total. The molecule has 0 atom stereocenters. The van der Waals surface area contributed by atoms with Crippen molar-refractivity contribution in [2.24, 2.45) is 5.73 Å². The largest absolute Gasteiger partial charge is 0.493 e. The van der Waals surface area contributed by atoms with Crippen molar-refractivity contribution < 1.29 is 19.1 Å². The maximum Gasteiger partial charge on any atom is 0.248 e. The Labute approximate surface area is 130 Å². The summed E-state index contributed by atoms with van der Waals surface area (Å²) in [5, 5.41) is 0. The van der Waals surface area contributed by atoms with Crippen molar-refractivity contribution in [2.75, 3.05) is 13.7 Å². The fraction of sp³-hybridized carbons (Fsp3) is 0.143. The Balaban J connectivity index is 2.09. The molecule has 21 heavy (non-hydrogen) atoms. The van der Waals surface area contributed by atoms with Gasteiger partial charge in [-0.15, -0.1) is 11.3 Å². The monoisotopic (exact) mass is 325 g/mol. The van der Waals surface area contributed by atoms with E-state index < -0.39 is 5.91 Å². The van der Waals surface area contributed by atoms with Crippen LogP contribution in [0.25, 0.3) is 0 Å². The number of benzene rings is 1.